The Labute approximate surface area is 230 Å². The molecule has 218 valence electrons. The summed E-state index contributed by atoms with van der Waals surface area (Å²) in [5, 5.41) is 13.7. The van der Waals surface area contributed by atoms with E-state index in [1.807, 2.05) is 26.0 Å². The molecule has 0 aliphatic carbocycles. The summed E-state index contributed by atoms with van der Waals surface area (Å²) in [6.07, 6.45) is 8.53. The van der Waals surface area contributed by atoms with Gasteiger partial charge in [-0.1, -0.05) is 30.7 Å². The first-order valence-corrected chi connectivity index (χ1v) is 13.6. The van der Waals surface area contributed by atoms with E-state index in [0.29, 0.717) is 19.4 Å². The molecule has 11 heteroatoms. The number of allylic oxidation sites excluding steroid dienone is 2. The van der Waals surface area contributed by atoms with E-state index in [0.717, 1.165) is 12.0 Å². The average molecular weight is 551 g/mol. The summed E-state index contributed by atoms with van der Waals surface area (Å²) in [6, 6.07) is -0.122. The van der Waals surface area contributed by atoms with Crippen molar-refractivity contribution in [2.75, 3.05) is 6.61 Å². The van der Waals surface area contributed by atoms with Crippen LogP contribution < -0.4 is 16.6 Å². The summed E-state index contributed by atoms with van der Waals surface area (Å²) < 4.78 is 22.8. The molecule has 0 radical (unpaired) electrons. The number of nitrogens with one attached hydrogen (secondary N) is 2. The Hall–Kier alpha value is -2.57. The Morgan fingerprint density at radius 2 is 1.92 bits per heavy atom. The molecule has 2 amide bonds. The van der Waals surface area contributed by atoms with Gasteiger partial charge in [0.2, 0.25) is 5.91 Å². The number of rotatable bonds is 10. The number of amides is 2. The maximum atomic E-state index is 12.3. The number of quaternary nitrogens is 1. The number of hydrogen-bond donors (Lipinski definition) is 4. The van der Waals surface area contributed by atoms with E-state index >= 15 is 0 Å². The molecule has 0 aromatic rings. The number of hydrogen-bond acceptors (Lipinski definition) is 8. The van der Waals surface area contributed by atoms with Crippen LogP contribution in [0.5, 0.6) is 0 Å². The van der Waals surface area contributed by atoms with E-state index < -0.39 is 29.9 Å². The monoisotopic (exact) mass is 550 g/mol. The Balaban J connectivity index is 1.50. The van der Waals surface area contributed by atoms with Gasteiger partial charge in [0.15, 0.2) is 0 Å². The zero-order valence-electron chi connectivity index (χ0n) is 23.6. The number of carbonyl (C=O) groups excluding carboxylic acids is 3. The first-order valence-electron chi connectivity index (χ1n) is 13.6. The molecule has 3 aliphatic rings. The van der Waals surface area contributed by atoms with E-state index in [-0.39, 0.29) is 48.5 Å². The maximum absolute atomic E-state index is 12.3. The van der Waals surface area contributed by atoms with Gasteiger partial charge < -0.3 is 29.4 Å². The summed E-state index contributed by atoms with van der Waals surface area (Å²) in [4.78, 5) is 35.1. The minimum atomic E-state index is -0.796. The Morgan fingerprint density at radius 3 is 2.56 bits per heavy atom. The summed E-state index contributed by atoms with van der Waals surface area (Å²) >= 11 is 0. The number of epoxide rings is 1. The molecule has 0 aromatic carbocycles. The number of aliphatic hydroxyl groups is 1. The molecule has 3 rings (SSSR count). The van der Waals surface area contributed by atoms with Gasteiger partial charge in [0, 0.05) is 19.4 Å². The third-order valence-electron chi connectivity index (χ3n) is 7.53. The van der Waals surface area contributed by atoms with E-state index in [1.54, 1.807) is 13.0 Å². The van der Waals surface area contributed by atoms with Crippen molar-refractivity contribution in [1.82, 2.24) is 10.7 Å². The van der Waals surface area contributed by atoms with Gasteiger partial charge in [-0.15, -0.1) is 0 Å². The highest BCUT2D eigenvalue weighted by Gasteiger charge is 2.58. The highest BCUT2D eigenvalue weighted by Crippen LogP contribution is 2.43. The van der Waals surface area contributed by atoms with Crippen LogP contribution in [0, 0.1) is 5.92 Å². The van der Waals surface area contributed by atoms with E-state index in [9.17, 15) is 19.5 Å². The van der Waals surface area contributed by atoms with Crippen molar-refractivity contribution in [3.63, 3.8) is 0 Å². The van der Waals surface area contributed by atoms with Crippen molar-refractivity contribution < 1.29 is 44.3 Å². The number of esters is 1. The van der Waals surface area contributed by atoms with Crippen LogP contribution in [0.3, 0.4) is 0 Å². The molecule has 39 heavy (non-hydrogen) atoms. The first kappa shape index (κ1) is 31.0. The van der Waals surface area contributed by atoms with Gasteiger partial charge in [-0.2, -0.15) is 0 Å². The lowest BCUT2D eigenvalue weighted by molar-refractivity contribution is -0.427. The Bertz CT molecular complexity index is 976. The number of ether oxygens (including phenoxy) is 4. The molecule has 0 aromatic heterocycles. The molecule has 3 aliphatic heterocycles. The van der Waals surface area contributed by atoms with Gasteiger partial charge in [-0.3, -0.25) is 20.2 Å². The zero-order valence-corrected chi connectivity index (χ0v) is 23.6. The number of carbonyl (C=O) groups is 3. The standard InChI is InChI=1S/C28H43N3O8/c1-16(7-10-24-27(35)28(15-36-28)14-21(39-24)13-26(34)31-29)6-9-23-17(2)12-22(19(4)38-23)30-25(33)11-8-18(3)37-20(5)32/h6-8,10-11,17-19,21-24,27,35H,9,12-15,29H2,1-5H3,(H,30,33)(H,31,34)/p+1. The SMILES string of the molecule is CC(=O)OC(C)C=CC(=O)NC1CC(C)C(CC=C(C)C=CC2OC(CC(=O)N[NH3+])CC3(CO3)C2O)OC1C. The van der Waals surface area contributed by atoms with Crippen LogP contribution >= 0.6 is 0 Å². The number of aliphatic hydroxyl groups excluding tert-OH is 1. The fraction of sp³-hybridized carbons (Fsp3) is 0.679. The van der Waals surface area contributed by atoms with Crippen LogP contribution in [0.1, 0.15) is 60.3 Å². The summed E-state index contributed by atoms with van der Waals surface area (Å²) in [5.74, 6) is 2.76. The molecule has 0 bridgehead atoms. The zero-order chi connectivity index (χ0) is 28.7. The van der Waals surface area contributed by atoms with E-state index in [4.69, 9.17) is 18.9 Å². The van der Waals surface area contributed by atoms with Gasteiger partial charge in [0.25, 0.3) is 5.91 Å². The van der Waals surface area contributed by atoms with Crippen LogP contribution in [0.2, 0.25) is 0 Å². The largest absolute Gasteiger partial charge is 0.459 e. The molecule has 9 unspecified atom stereocenters. The minimum Gasteiger partial charge on any atom is -0.459 e. The molecule has 1 spiro atoms. The van der Waals surface area contributed by atoms with Gasteiger partial charge in [-0.05, 0) is 45.6 Å². The molecule has 6 N–H and O–H groups in total. The molecule has 3 fully saturated rings. The van der Waals surface area contributed by atoms with Crippen molar-refractivity contribution in [3.05, 3.63) is 36.0 Å². The van der Waals surface area contributed by atoms with Crippen LogP contribution in [0.25, 0.3) is 0 Å². The molecule has 11 nitrogen and oxygen atoms in total. The van der Waals surface area contributed by atoms with Crippen LogP contribution in [0.15, 0.2) is 36.0 Å². The molecule has 9 atom stereocenters. The molecular weight excluding hydrogens is 506 g/mol. The lowest BCUT2D eigenvalue weighted by atomic mass is 9.87. The third kappa shape index (κ3) is 8.97. The topological polar surface area (TPSA) is 163 Å². The predicted molar refractivity (Wildman–Crippen MR) is 142 cm³/mol. The summed E-state index contributed by atoms with van der Waals surface area (Å²) in [6.45, 7) is 9.52. The highest BCUT2D eigenvalue weighted by molar-refractivity contribution is 5.87. The van der Waals surface area contributed by atoms with Gasteiger partial charge in [-0.25, -0.2) is 5.43 Å². The predicted octanol–water partition coefficient (Wildman–Crippen LogP) is 0.636. The van der Waals surface area contributed by atoms with Crippen LogP contribution in [-0.2, 0) is 33.3 Å². The van der Waals surface area contributed by atoms with Gasteiger partial charge >= 0.3 is 5.97 Å². The second-order valence-electron chi connectivity index (χ2n) is 11.0. The van der Waals surface area contributed by atoms with E-state index in [1.165, 1.54) is 13.0 Å². The fourth-order valence-electron chi connectivity index (χ4n) is 5.17. The Kier molecular flexibility index (Phi) is 10.9. The minimum absolute atomic E-state index is 0.00114. The van der Waals surface area contributed by atoms with Crippen molar-refractivity contribution in [2.24, 2.45) is 5.92 Å². The molecule has 0 saturated carbocycles. The second kappa shape index (κ2) is 13.7. The normalized spacial score (nSPS) is 35.7. The fourth-order valence-corrected chi connectivity index (χ4v) is 5.17. The van der Waals surface area contributed by atoms with Crippen molar-refractivity contribution in [1.29, 1.82) is 0 Å². The summed E-state index contributed by atoms with van der Waals surface area (Å²) in [5.41, 5.74) is 2.73. The van der Waals surface area contributed by atoms with Gasteiger partial charge in [0.1, 0.15) is 23.9 Å². The molecule has 3 heterocycles. The second-order valence-corrected chi connectivity index (χ2v) is 11.0. The smallest absolute Gasteiger partial charge is 0.303 e. The van der Waals surface area contributed by atoms with Crippen molar-refractivity contribution >= 4 is 17.8 Å². The maximum Gasteiger partial charge on any atom is 0.303 e. The highest BCUT2D eigenvalue weighted by atomic mass is 16.6. The average Bonchev–Trinajstić information content (AvgIpc) is 3.64. The van der Waals surface area contributed by atoms with Crippen molar-refractivity contribution in [3.8, 4) is 0 Å². The van der Waals surface area contributed by atoms with Gasteiger partial charge in [0.05, 0.1) is 37.4 Å². The third-order valence-corrected chi connectivity index (χ3v) is 7.53. The van der Waals surface area contributed by atoms with Crippen LogP contribution in [-0.4, -0.2) is 77.8 Å². The lowest BCUT2D eigenvalue weighted by Gasteiger charge is -2.39. The molecule has 3 saturated heterocycles. The van der Waals surface area contributed by atoms with Crippen LogP contribution in [0.4, 0.5) is 0 Å². The first-order chi connectivity index (χ1) is 18.4. The summed E-state index contributed by atoms with van der Waals surface area (Å²) in [7, 11) is 0. The Morgan fingerprint density at radius 1 is 1.21 bits per heavy atom. The lowest BCUT2D eigenvalue weighted by Crippen LogP contribution is -2.67. The van der Waals surface area contributed by atoms with Crippen molar-refractivity contribution in [2.45, 2.75) is 109 Å². The quantitative estimate of drug-likeness (QED) is 0.101. The molecular formula is C28H44N3O8+. The van der Waals surface area contributed by atoms with E-state index in [2.05, 4.69) is 29.6 Å².